The van der Waals surface area contributed by atoms with Crippen LogP contribution in [0.3, 0.4) is 0 Å². The maximum absolute atomic E-state index is 5.95. The van der Waals surface area contributed by atoms with E-state index in [-0.39, 0.29) is 0 Å². The second-order valence-electron chi connectivity index (χ2n) is 5.02. The van der Waals surface area contributed by atoms with E-state index in [1.165, 1.54) is 23.5 Å². The highest BCUT2D eigenvalue weighted by Gasteiger charge is 2.35. The van der Waals surface area contributed by atoms with Gasteiger partial charge >= 0.3 is 0 Å². The fraction of sp³-hybridized carbons (Fsp3) is 0.571. The van der Waals surface area contributed by atoms with E-state index < -0.39 is 0 Å². The van der Waals surface area contributed by atoms with Crippen molar-refractivity contribution >= 4 is 11.8 Å². The summed E-state index contributed by atoms with van der Waals surface area (Å²) in [7, 11) is 0. The van der Waals surface area contributed by atoms with Gasteiger partial charge in [0.1, 0.15) is 11.9 Å². The summed E-state index contributed by atoms with van der Waals surface area (Å²) in [5.74, 6) is 3.67. The van der Waals surface area contributed by atoms with Crippen LogP contribution in [0.15, 0.2) is 24.3 Å². The van der Waals surface area contributed by atoms with Gasteiger partial charge in [-0.05, 0) is 31.2 Å². The van der Waals surface area contributed by atoms with Gasteiger partial charge in [-0.3, -0.25) is 4.90 Å². The van der Waals surface area contributed by atoms with Crippen LogP contribution in [0.4, 0.5) is 0 Å². The summed E-state index contributed by atoms with van der Waals surface area (Å²) in [6.07, 6.45) is 1.77. The molecule has 3 heteroatoms. The minimum absolute atomic E-state index is 0.406. The molecule has 1 aromatic rings. The number of nitrogens with zero attached hydrogens (tertiary/aromatic N) is 1. The van der Waals surface area contributed by atoms with E-state index in [4.69, 9.17) is 4.74 Å². The number of hydrogen-bond donors (Lipinski definition) is 0. The van der Waals surface area contributed by atoms with Gasteiger partial charge in [-0.25, -0.2) is 0 Å². The van der Waals surface area contributed by atoms with Crippen LogP contribution < -0.4 is 4.74 Å². The zero-order chi connectivity index (χ0) is 11.7. The van der Waals surface area contributed by atoms with Crippen LogP contribution in [-0.2, 0) is 0 Å². The monoisotopic (exact) mass is 249 g/mol. The Morgan fingerprint density at radius 1 is 1.24 bits per heavy atom. The van der Waals surface area contributed by atoms with E-state index in [0.29, 0.717) is 6.10 Å². The van der Waals surface area contributed by atoms with Crippen molar-refractivity contribution in [2.75, 3.05) is 24.6 Å². The molecular weight excluding hydrogens is 230 g/mol. The van der Waals surface area contributed by atoms with Gasteiger partial charge in [-0.2, -0.15) is 11.8 Å². The molecule has 0 radical (unpaired) electrons. The zero-order valence-corrected chi connectivity index (χ0v) is 11.1. The molecule has 0 aromatic heterocycles. The lowest BCUT2D eigenvalue weighted by atomic mass is 10.1. The first-order chi connectivity index (χ1) is 8.31. The predicted octanol–water partition coefficient (Wildman–Crippen LogP) is 2.56. The Morgan fingerprint density at radius 3 is 2.65 bits per heavy atom. The van der Waals surface area contributed by atoms with Crippen molar-refractivity contribution < 1.29 is 4.74 Å². The van der Waals surface area contributed by atoms with Crippen molar-refractivity contribution in [3.63, 3.8) is 0 Å². The fourth-order valence-corrected chi connectivity index (χ4v) is 3.72. The van der Waals surface area contributed by atoms with Gasteiger partial charge in [0, 0.05) is 24.9 Å². The van der Waals surface area contributed by atoms with Crippen molar-refractivity contribution in [3.05, 3.63) is 29.8 Å². The first kappa shape index (κ1) is 11.4. The number of aryl methyl sites for hydroxylation is 1. The van der Waals surface area contributed by atoms with E-state index >= 15 is 0 Å². The summed E-state index contributed by atoms with van der Waals surface area (Å²) in [5.41, 5.74) is 1.29. The molecule has 92 valence electrons. The lowest BCUT2D eigenvalue weighted by Gasteiger charge is -2.42. The van der Waals surface area contributed by atoms with Gasteiger partial charge in [-0.15, -0.1) is 0 Å². The normalized spacial score (nSPS) is 25.8. The van der Waals surface area contributed by atoms with Gasteiger partial charge in [0.05, 0.1) is 0 Å². The van der Waals surface area contributed by atoms with Crippen LogP contribution in [-0.4, -0.2) is 41.6 Å². The molecule has 2 saturated heterocycles. The van der Waals surface area contributed by atoms with Crippen molar-refractivity contribution in [2.45, 2.75) is 25.5 Å². The van der Waals surface area contributed by atoms with Crippen molar-refractivity contribution in [2.24, 2.45) is 0 Å². The van der Waals surface area contributed by atoms with E-state index in [9.17, 15) is 0 Å². The smallest absolute Gasteiger partial charge is 0.124 e. The minimum atomic E-state index is 0.406. The topological polar surface area (TPSA) is 12.5 Å². The van der Waals surface area contributed by atoms with Crippen LogP contribution in [0.5, 0.6) is 5.75 Å². The number of benzene rings is 1. The first-order valence-electron chi connectivity index (χ1n) is 6.36. The lowest BCUT2D eigenvalue weighted by Crippen LogP contribution is -2.57. The minimum Gasteiger partial charge on any atom is -0.488 e. The Kier molecular flexibility index (Phi) is 3.30. The van der Waals surface area contributed by atoms with Crippen LogP contribution >= 0.6 is 11.8 Å². The molecule has 0 bridgehead atoms. The molecule has 2 fully saturated rings. The molecule has 3 rings (SSSR count). The standard InChI is InChI=1S/C14H19NOS/c1-11-2-4-13(5-3-11)16-14-8-15(9-14)12-6-7-17-10-12/h2-5,12,14H,6-10H2,1H3/t12-/m0/s1. The summed E-state index contributed by atoms with van der Waals surface area (Å²) < 4.78 is 5.95. The van der Waals surface area contributed by atoms with E-state index in [2.05, 4.69) is 47.9 Å². The second-order valence-corrected chi connectivity index (χ2v) is 6.17. The molecular formula is C14H19NOS. The highest BCUT2D eigenvalue weighted by Crippen LogP contribution is 2.27. The van der Waals surface area contributed by atoms with Crippen molar-refractivity contribution in [3.8, 4) is 5.75 Å². The quantitative estimate of drug-likeness (QED) is 0.817. The largest absolute Gasteiger partial charge is 0.488 e. The van der Waals surface area contributed by atoms with Gasteiger partial charge in [0.15, 0.2) is 0 Å². The Morgan fingerprint density at radius 2 is 2.00 bits per heavy atom. The summed E-state index contributed by atoms with van der Waals surface area (Å²) in [6.45, 7) is 4.32. The Balaban J connectivity index is 1.47. The van der Waals surface area contributed by atoms with Gasteiger partial charge in [0.25, 0.3) is 0 Å². The molecule has 2 aliphatic rings. The van der Waals surface area contributed by atoms with Crippen LogP contribution in [0.2, 0.25) is 0 Å². The third-order valence-electron chi connectivity index (χ3n) is 3.62. The molecule has 0 saturated carbocycles. The average molecular weight is 249 g/mol. The molecule has 0 N–H and O–H groups in total. The van der Waals surface area contributed by atoms with Crippen molar-refractivity contribution in [1.82, 2.24) is 4.90 Å². The molecule has 0 amide bonds. The zero-order valence-electron chi connectivity index (χ0n) is 10.3. The Hall–Kier alpha value is -0.670. The molecule has 0 aliphatic carbocycles. The van der Waals surface area contributed by atoms with E-state index in [1.54, 1.807) is 0 Å². The second kappa shape index (κ2) is 4.91. The summed E-state index contributed by atoms with van der Waals surface area (Å²) in [5, 5.41) is 0. The molecule has 0 spiro atoms. The number of thioether (sulfide) groups is 1. The summed E-state index contributed by atoms with van der Waals surface area (Å²) >= 11 is 2.08. The molecule has 2 heterocycles. The van der Waals surface area contributed by atoms with Gasteiger partial charge < -0.3 is 4.74 Å². The predicted molar refractivity (Wildman–Crippen MR) is 72.9 cm³/mol. The fourth-order valence-electron chi connectivity index (χ4n) is 2.46. The van der Waals surface area contributed by atoms with Crippen LogP contribution in [0.25, 0.3) is 0 Å². The SMILES string of the molecule is Cc1ccc(OC2CN([C@H]3CCSC3)C2)cc1. The maximum Gasteiger partial charge on any atom is 0.124 e. The molecule has 17 heavy (non-hydrogen) atoms. The van der Waals surface area contributed by atoms with Gasteiger partial charge in [-0.1, -0.05) is 17.7 Å². The van der Waals surface area contributed by atoms with Crippen LogP contribution in [0, 0.1) is 6.92 Å². The average Bonchev–Trinajstić information content (AvgIpc) is 2.78. The van der Waals surface area contributed by atoms with E-state index in [1.807, 2.05) is 0 Å². The Labute approximate surface area is 107 Å². The lowest BCUT2D eigenvalue weighted by molar-refractivity contribution is -0.00245. The third-order valence-corrected chi connectivity index (χ3v) is 4.77. The number of ether oxygens (including phenoxy) is 1. The Bertz CT molecular complexity index is 366. The maximum atomic E-state index is 5.95. The molecule has 2 nitrogen and oxygen atoms in total. The highest BCUT2D eigenvalue weighted by atomic mass is 32.2. The van der Waals surface area contributed by atoms with Crippen molar-refractivity contribution in [1.29, 1.82) is 0 Å². The third kappa shape index (κ3) is 2.61. The van der Waals surface area contributed by atoms with Crippen LogP contribution in [0.1, 0.15) is 12.0 Å². The molecule has 2 aliphatic heterocycles. The highest BCUT2D eigenvalue weighted by molar-refractivity contribution is 7.99. The number of hydrogen-bond acceptors (Lipinski definition) is 3. The summed E-state index contributed by atoms with van der Waals surface area (Å²) in [6, 6.07) is 9.18. The number of likely N-dealkylation sites (tertiary alicyclic amines) is 1. The van der Waals surface area contributed by atoms with Gasteiger partial charge in [0.2, 0.25) is 0 Å². The summed E-state index contributed by atoms with van der Waals surface area (Å²) in [4.78, 5) is 2.57. The molecule has 1 aromatic carbocycles. The molecule has 0 unspecified atom stereocenters. The first-order valence-corrected chi connectivity index (χ1v) is 7.52. The molecule has 1 atom stereocenters. The number of rotatable bonds is 3. The van der Waals surface area contributed by atoms with E-state index in [0.717, 1.165) is 24.9 Å².